The van der Waals surface area contributed by atoms with Crippen LogP contribution >= 0.6 is 11.3 Å². The number of thiophene rings is 1. The topological polar surface area (TPSA) is 35.5 Å². The van der Waals surface area contributed by atoms with Gasteiger partial charge in [-0.2, -0.15) is 0 Å². The van der Waals surface area contributed by atoms with E-state index in [4.69, 9.17) is 9.47 Å². The van der Waals surface area contributed by atoms with Gasteiger partial charge in [0.05, 0.1) is 0 Å². The third-order valence-electron chi connectivity index (χ3n) is 3.90. The van der Waals surface area contributed by atoms with Crippen molar-refractivity contribution in [2.75, 3.05) is 6.79 Å². The smallest absolute Gasteiger partial charge is 0.335 e. The number of hydrogen-bond donors (Lipinski definition) is 0. The number of rotatable bonds is 6. The van der Waals surface area contributed by atoms with Gasteiger partial charge < -0.3 is 9.47 Å². The Kier molecular flexibility index (Phi) is 5.19. The predicted molar refractivity (Wildman–Crippen MR) is 103 cm³/mol. The number of esters is 1. The predicted octanol–water partition coefficient (Wildman–Crippen LogP) is 5.59. The Labute approximate surface area is 151 Å². The van der Waals surface area contributed by atoms with Gasteiger partial charge in [0.2, 0.25) is 6.79 Å². The molecule has 4 heteroatoms. The zero-order chi connectivity index (χ0) is 17.8. The lowest BCUT2D eigenvalue weighted by Crippen LogP contribution is -2.10. The van der Waals surface area contributed by atoms with E-state index in [1.807, 2.05) is 18.2 Å². The van der Waals surface area contributed by atoms with Crippen LogP contribution in [-0.4, -0.2) is 12.8 Å². The van der Waals surface area contributed by atoms with Crippen LogP contribution in [0.2, 0.25) is 0 Å². The Morgan fingerprint density at radius 3 is 2.56 bits per heavy atom. The number of ether oxygens (including phenoxy) is 2. The fourth-order valence-electron chi connectivity index (χ4n) is 2.42. The van der Waals surface area contributed by atoms with E-state index in [0.29, 0.717) is 11.3 Å². The lowest BCUT2D eigenvalue weighted by atomic mass is 10.1. The van der Waals surface area contributed by atoms with Crippen molar-refractivity contribution in [3.63, 3.8) is 0 Å². The lowest BCUT2D eigenvalue weighted by molar-refractivity contribution is -0.145. The molecule has 0 amide bonds. The molecule has 0 saturated carbocycles. The standard InChI is InChI=1S/C21H20O3S/c1-4-15-5-7-16(8-6-15)19-11-17-9-10-18(12-20(17)25-19)23-13-24-21(22)14(2)3/h5-12H,2,4,13H2,1,3H3. The van der Waals surface area contributed by atoms with Crippen LogP contribution in [0, 0.1) is 0 Å². The average molecular weight is 352 g/mol. The van der Waals surface area contributed by atoms with Crippen LogP contribution in [0.3, 0.4) is 0 Å². The molecule has 0 unspecified atom stereocenters. The van der Waals surface area contributed by atoms with Crippen LogP contribution in [0.5, 0.6) is 5.75 Å². The number of aryl methyl sites for hydroxylation is 1. The first kappa shape index (κ1) is 17.2. The molecule has 3 nitrogen and oxygen atoms in total. The molecule has 0 radical (unpaired) electrons. The summed E-state index contributed by atoms with van der Waals surface area (Å²) in [5, 5.41) is 1.17. The fourth-order valence-corrected chi connectivity index (χ4v) is 3.52. The molecule has 1 heterocycles. The van der Waals surface area contributed by atoms with Crippen LogP contribution < -0.4 is 4.74 Å². The molecule has 3 aromatic rings. The van der Waals surface area contributed by atoms with Gasteiger partial charge in [-0.15, -0.1) is 11.3 Å². The van der Waals surface area contributed by atoms with Crippen LogP contribution in [0.4, 0.5) is 0 Å². The van der Waals surface area contributed by atoms with Gasteiger partial charge >= 0.3 is 5.97 Å². The molecule has 0 bridgehead atoms. The zero-order valence-corrected chi connectivity index (χ0v) is 15.2. The number of fused-ring (bicyclic) bond motifs is 1. The Morgan fingerprint density at radius 2 is 1.88 bits per heavy atom. The molecular weight excluding hydrogens is 332 g/mol. The largest absolute Gasteiger partial charge is 0.457 e. The molecule has 128 valence electrons. The first-order valence-electron chi connectivity index (χ1n) is 8.15. The molecule has 1 aromatic heterocycles. The summed E-state index contributed by atoms with van der Waals surface area (Å²) < 4.78 is 11.6. The molecule has 0 atom stereocenters. The summed E-state index contributed by atoms with van der Waals surface area (Å²) in [5.74, 6) is 0.228. The second-order valence-electron chi connectivity index (χ2n) is 5.84. The molecule has 0 saturated heterocycles. The van der Waals surface area contributed by atoms with E-state index in [1.54, 1.807) is 18.3 Å². The van der Waals surface area contributed by atoms with E-state index in [-0.39, 0.29) is 6.79 Å². The summed E-state index contributed by atoms with van der Waals surface area (Å²) in [6.07, 6.45) is 1.04. The van der Waals surface area contributed by atoms with Gasteiger partial charge in [-0.1, -0.05) is 37.8 Å². The number of carbonyl (C=O) groups is 1. The zero-order valence-electron chi connectivity index (χ0n) is 14.4. The molecule has 25 heavy (non-hydrogen) atoms. The summed E-state index contributed by atoms with van der Waals surface area (Å²) in [6, 6.07) is 16.7. The summed E-state index contributed by atoms with van der Waals surface area (Å²) in [6.45, 7) is 7.18. The highest BCUT2D eigenvalue weighted by molar-refractivity contribution is 7.22. The van der Waals surface area contributed by atoms with Crippen molar-refractivity contribution in [1.82, 2.24) is 0 Å². The van der Waals surface area contributed by atoms with E-state index in [0.717, 1.165) is 11.1 Å². The second-order valence-corrected chi connectivity index (χ2v) is 6.92. The van der Waals surface area contributed by atoms with Gasteiger partial charge in [0.1, 0.15) is 5.75 Å². The molecular formula is C21H20O3S. The van der Waals surface area contributed by atoms with Crippen molar-refractivity contribution in [3.8, 4) is 16.2 Å². The second kappa shape index (κ2) is 7.53. The minimum absolute atomic E-state index is 0.117. The van der Waals surface area contributed by atoms with Gasteiger partial charge in [-0.25, -0.2) is 4.79 Å². The molecule has 0 spiro atoms. The van der Waals surface area contributed by atoms with Crippen LogP contribution in [0.25, 0.3) is 20.5 Å². The van der Waals surface area contributed by atoms with Crippen molar-refractivity contribution in [1.29, 1.82) is 0 Å². The van der Waals surface area contributed by atoms with Gasteiger partial charge in [-0.3, -0.25) is 0 Å². The van der Waals surface area contributed by atoms with Crippen LogP contribution in [0.15, 0.2) is 60.7 Å². The van der Waals surface area contributed by atoms with Crippen molar-refractivity contribution in [2.45, 2.75) is 20.3 Å². The number of carbonyl (C=O) groups excluding carboxylic acids is 1. The normalized spacial score (nSPS) is 10.6. The third-order valence-corrected chi connectivity index (χ3v) is 5.05. The molecule has 2 aromatic carbocycles. The van der Waals surface area contributed by atoms with E-state index in [9.17, 15) is 4.79 Å². The summed E-state index contributed by atoms with van der Waals surface area (Å²) >= 11 is 1.72. The minimum atomic E-state index is -0.449. The SMILES string of the molecule is C=C(C)C(=O)OCOc1ccc2cc(-c3ccc(CC)cc3)sc2c1. The molecule has 0 aliphatic carbocycles. The Bertz CT molecular complexity index is 907. The summed E-state index contributed by atoms with van der Waals surface area (Å²) in [7, 11) is 0. The van der Waals surface area contributed by atoms with Gasteiger partial charge in [0, 0.05) is 15.2 Å². The Hall–Kier alpha value is -2.59. The van der Waals surface area contributed by atoms with Crippen molar-refractivity contribution >= 4 is 27.4 Å². The maximum absolute atomic E-state index is 11.4. The summed E-state index contributed by atoms with van der Waals surface area (Å²) in [5.41, 5.74) is 2.91. The number of benzene rings is 2. The van der Waals surface area contributed by atoms with Crippen molar-refractivity contribution < 1.29 is 14.3 Å². The lowest BCUT2D eigenvalue weighted by Gasteiger charge is -2.07. The molecule has 3 rings (SSSR count). The maximum atomic E-state index is 11.4. The van der Waals surface area contributed by atoms with E-state index in [2.05, 4.69) is 43.8 Å². The molecule has 0 N–H and O–H groups in total. The van der Waals surface area contributed by atoms with Gasteiger partial charge in [0.15, 0.2) is 0 Å². The Morgan fingerprint density at radius 1 is 1.12 bits per heavy atom. The summed E-state index contributed by atoms with van der Waals surface area (Å²) in [4.78, 5) is 12.6. The van der Waals surface area contributed by atoms with Crippen molar-refractivity contribution in [2.24, 2.45) is 0 Å². The van der Waals surface area contributed by atoms with Crippen LogP contribution in [-0.2, 0) is 16.0 Å². The van der Waals surface area contributed by atoms with Gasteiger partial charge in [0.25, 0.3) is 0 Å². The fraction of sp³-hybridized carbons (Fsp3) is 0.190. The highest BCUT2D eigenvalue weighted by Crippen LogP contribution is 2.35. The van der Waals surface area contributed by atoms with E-state index < -0.39 is 5.97 Å². The third kappa shape index (κ3) is 4.09. The molecule has 0 fully saturated rings. The minimum Gasteiger partial charge on any atom is -0.457 e. The molecule has 0 aliphatic heterocycles. The quantitative estimate of drug-likeness (QED) is 0.330. The monoisotopic (exact) mass is 352 g/mol. The van der Waals surface area contributed by atoms with E-state index in [1.165, 1.54) is 21.4 Å². The average Bonchev–Trinajstić information content (AvgIpc) is 3.05. The maximum Gasteiger partial charge on any atom is 0.335 e. The van der Waals surface area contributed by atoms with Crippen molar-refractivity contribution in [3.05, 3.63) is 66.2 Å². The highest BCUT2D eigenvalue weighted by atomic mass is 32.1. The Balaban J connectivity index is 1.74. The first-order valence-corrected chi connectivity index (χ1v) is 8.97. The first-order chi connectivity index (χ1) is 12.1. The van der Waals surface area contributed by atoms with Crippen LogP contribution in [0.1, 0.15) is 19.4 Å². The number of hydrogen-bond acceptors (Lipinski definition) is 4. The van der Waals surface area contributed by atoms with Gasteiger partial charge in [-0.05, 0) is 54.1 Å². The van der Waals surface area contributed by atoms with E-state index >= 15 is 0 Å². The molecule has 0 aliphatic rings. The highest BCUT2D eigenvalue weighted by Gasteiger charge is 2.07.